The average Bonchev–Trinajstić information content (AvgIpc) is 3.56. The number of anilines is 1. The summed E-state index contributed by atoms with van der Waals surface area (Å²) in [5, 5.41) is 16.2. The number of carboxylic acid groups (broad SMARTS) is 1. The van der Waals surface area contributed by atoms with Gasteiger partial charge in [-0.2, -0.15) is 13.2 Å². The Hall–Kier alpha value is -5.03. The molecular weight excluding hydrogens is 693 g/mol. The first kappa shape index (κ1) is 37.2. The van der Waals surface area contributed by atoms with Gasteiger partial charge in [-0.05, 0) is 43.0 Å². The number of morpholine rings is 1. The predicted octanol–water partition coefficient (Wildman–Crippen LogP) is 6.39. The first-order valence-electron chi connectivity index (χ1n) is 16.0. The summed E-state index contributed by atoms with van der Waals surface area (Å²) in [6, 6.07) is 5.49. The Bertz CT molecular complexity index is 2040. The van der Waals surface area contributed by atoms with Gasteiger partial charge in [-0.25, -0.2) is 24.4 Å². The van der Waals surface area contributed by atoms with Crippen LogP contribution >= 0.6 is 11.3 Å². The first-order chi connectivity index (χ1) is 24.0. The molecule has 0 radical (unpaired) electrons. The lowest BCUT2D eigenvalue weighted by Gasteiger charge is -2.53. The summed E-state index contributed by atoms with van der Waals surface area (Å²) >= 11 is 0.745. The number of esters is 1. The Labute approximate surface area is 294 Å². The van der Waals surface area contributed by atoms with Gasteiger partial charge in [0.1, 0.15) is 16.4 Å². The number of carbonyl (C=O) groups is 3. The molecule has 0 saturated carbocycles. The maximum atomic E-state index is 14.3. The predicted molar refractivity (Wildman–Crippen MR) is 184 cm³/mol. The number of rotatable bonds is 8. The van der Waals surface area contributed by atoms with Crippen LogP contribution in [0.25, 0.3) is 32.6 Å². The number of nitrogens with one attached hydrogen (secondary N) is 3. The van der Waals surface area contributed by atoms with Crippen molar-refractivity contribution in [3.63, 3.8) is 0 Å². The maximum absolute atomic E-state index is 14.3. The van der Waals surface area contributed by atoms with Gasteiger partial charge in [0.25, 0.3) is 0 Å². The van der Waals surface area contributed by atoms with Crippen molar-refractivity contribution in [2.24, 2.45) is 5.41 Å². The molecule has 1 aliphatic rings. The van der Waals surface area contributed by atoms with Crippen LogP contribution in [0.2, 0.25) is 0 Å². The van der Waals surface area contributed by atoms with Gasteiger partial charge < -0.3 is 24.9 Å². The fourth-order valence-corrected chi connectivity index (χ4v) is 6.99. The van der Waals surface area contributed by atoms with E-state index in [1.54, 1.807) is 26.0 Å². The van der Waals surface area contributed by atoms with Gasteiger partial charge >= 0.3 is 24.3 Å². The van der Waals surface area contributed by atoms with E-state index in [0.717, 1.165) is 16.7 Å². The number of aromatic nitrogens is 3. The Morgan fingerprint density at radius 3 is 2.53 bits per heavy atom. The summed E-state index contributed by atoms with van der Waals surface area (Å²) in [7, 11) is 0. The van der Waals surface area contributed by atoms with E-state index in [1.165, 1.54) is 23.2 Å². The largest absolute Gasteiger partial charge is 0.465 e. The van der Waals surface area contributed by atoms with E-state index in [1.807, 2.05) is 20.8 Å². The molecule has 3 amide bonds. The minimum Gasteiger partial charge on any atom is -0.465 e. The van der Waals surface area contributed by atoms with Crippen LogP contribution in [0, 0.1) is 5.41 Å². The van der Waals surface area contributed by atoms with Crippen LogP contribution in [0.5, 0.6) is 0 Å². The quantitative estimate of drug-likeness (QED) is 0.150. The molecule has 0 unspecified atom stereocenters. The van der Waals surface area contributed by atoms with Crippen LogP contribution < -0.4 is 16.1 Å². The highest BCUT2D eigenvalue weighted by atomic mass is 32.1. The molecule has 4 heterocycles. The van der Waals surface area contributed by atoms with Gasteiger partial charge in [0.15, 0.2) is 5.69 Å². The third kappa shape index (κ3) is 7.39. The standard InChI is InChI=1S/C34H37F3N6O7S/c1-6-38-30(46)42-25-13-19(28-41-24(16-51-28)34(35,36)37)21(15-39-25)18-8-9-22-20(12-18)27(44)26(29(45)50-7-2)23(40-22)14-33(32(3,4)5)17-49-11-10-43(33)31(47)48/h8-9,12-13,15-16H,6-7,10-11,14,17H2,1-5H3,(H,40,44)(H,47,48)(H2,38,39,42,46)/t33-/m1/s1. The second-order valence-corrected chi connectivity index (χ2v) is 13.7. The zero-order valence-electron chi connectivity index (χ0n) is 28.5. The van der Waals surface area contributed by atoms with Crippen molar-refractivity contribution in [3.05, 3.63) is 63.0 Å². The summed E-state index contributed by atoms with van der Waals surface area (Å²) in [6.07, 6.45) is -4.60. The van der Waals surface area contributed by atoms with E-state index in [0.29, 0.717) is 23.2 Å². The number of hydrogen-bond acceptors (Lipinski definition) is 9. The molecule has 0 bridgehead atoms. The molecule has 1 aliphatic heterocycles. The summed E-state index contributed by atoms with van der Waals surface area (Å²) in [5.41, 5.74) is -2.66. The third-order valence-electron chi connectivity index (χ3n) is 8.79. The first-order valence-corrected chi connectivity index (χ1v) is 16.9. The summed E-state index contributed by atoms with van der Waals surface area (Å²) in [4.78, 5) is 65.0. The Kier molecular flexibility index (Phi) is 10.4. The van der Waals surface area contributed by atoms with Crippen LogP contribution in [-0.4, -0.2) is 81.5 Å². The number of urea groups is 1. The molecule has 51 heavy (non-hydrogen) atoms. The van der Waals surface area contributed by atoms with Gasteiger partial charge in [0.2, 0.25) is 5.43 Å². The Morgan fingerprint density at radius 1 is 1.16 bits per heavy atom. The van der Waals surface area contributed by atoms with Crippen molar-refractivity contribution in [1.29, 1.82) is 0 Å². The van der Waals surface area contributed by atoms with Crippen molar-refractivity contribution >= 4 is 46.2 Å². The lowest BCUT2D eigenvalue weighted by Crippen LogP contribution is -2.66. The van der Waals surface area contributed by atoms with Crippen molar-refractivity contribution in [3.8, 4) is 21.7 Å². The summed E-state index contributed by atoms with van der Waals surface area (Å²) in [5.74, 6) is -0.861. The third-order valence-corrected chi connectivity index (χ3v) is 9.67. The van der Waals surface area contributed by atoms with E-state index in [-0.39, 0.29) is 65.8 Å². The smallest absolute Gasteiger partial charge is 0.434 e. The molecule has 17 heteroatoms. The van der Waals surface area contributed by atoms with Crippen LogP contribution in [0.1, 0.15) is 56.4 Å². The molecule has 1 saturated heterocycles. The van der Waals surface area contributed by atoms with Gasteiger partial charge in [-0.15, -0.1) is 11.3 Å². The monoisotopic (exact) mass is 730 g/mol. The number of fused-ring (bicyclic) bond motifs is 1. The number of carbonyl (C=O) groups excluding carboxylic acids is 2. The van der Waals surface area contributed by atoms with Gasteiger partial charge in [0.05, 0.1) is 25.4 Å². The van der Waals surface area contributed by atoms with Gasteiger partial charge in [-0.3, -0.25) is 15.0 Å². The topological polar surface area (TPSA) is 176 Å². The molecule has 5 rings (SSSR count). The second kappa shape index (κ2) is 14.3. The second-order valence-electron chi connectivity index (χ2n) is 12.9. The fourth-order valence-electron chi connectivity index (χ4n) is 6.13. The Balaban J connectivity index is 1.69. The zero-order chi connectivity index (χ0) is 37.3. The van der Waals surface area contributed by atoms with Gasteiger partial charge in [0, 0.05) is 58.8 Å². The zero-order valence-corrected chi connectivity index (χ0v) is 29.3. The molecule has 3 aromatic heterocycles. The fraction of sp³-hybridized carbons (Fsp3) is 0.412. The number of ether oxygens (including phenoxy) is 2. The molecule has 0 spiro atoms. The molecule has 4 N–H and O–H groups in total. The highest BCUT2D eigenvalue weighted by molar-refractivity contribution is 7.13. The number of benzene rings is 1. The molecule has 1 fully saturated rings. The number of alkyl halides is 3. The minimum atomic E-state index is -4.70. The van der Waals surface area contributed by atoms with E-state index < -0.39 is 46.3 Å². The van der Waals surface area contributed by atoms with E-state index in [2.05, 4.69) is 25.6 Å². The Morgan fingerprint density at radius 2 is 1.90 bits per heavy atom. The van der Waals surface area contributed by atoms with Crippen molar-refractivity contribution in [2.75, 3.05) is 38.2 Å². The molecule has 272 valence electrons. The highest BCUT2D eigenvalue weighted by Gasteiger charge is 2.52. The number of thiazole rings is 1. The molecule has 1 atom stereocenters. The summed E-state index contributed by atoms with van der Waals surface area (Å²) in [6.45, 7) is 9.44. The lowest BCUT2D eigenvalue weighted by atomic mass is 9.69. The van der Waals surface area contributed by atoms with Crippen LogP contribution in [0.3, 0.4) is 0 Å². The minimum absolute atomic E-state index is 0.0115. The molecule has 0 aliphatic carbocycles. The average molecular weight is 731 g/mol. The number of nitrogens with zero attached hydrogens (tertiary/aromatic N) is 3. The number of aromatic amines is 1. The summed E-state index contributed by atoms with van der Waals surface area (Å²) < 4.78 is 51.7. The number of hydrogen-bond donors (Lipinski definition) is 4. The van der Waals surface area contributed by atoms with Crippen LogP contribution in [0.15, 0.2) is 40.6 Å². The van der Waals surface area contributed by atoms with Crippen LogP contribution in [0.4, 0.5) is 28.6 Å². The maximum Gasteiger partial charge on any atom is 0.434 e. The number of amides is 3. The number of H-pyrrole nitrogens is 1. The number of halogens is 3. The molecule has 4 aromatic rings. The van der Waals surface area contributed by atoms with E-state index in [9.17, 15) is 37.5 Å². The van der Waals surface area contributed by atoms with Gasteiger partial charge in [-0.1, -0.05) is 26.8 Å². The van der Waals surface area contributed by atoms with Crippen LogP contribution in [-0.2, 0) is 22.1 Å². The molecular formula is C34H37F3N6O7S. The van der Waals surface area contributed by atoms with Crippen molar-refractivity contribution < 1.29 is 42.1 Å². The number of pyridine rings is 2. The normalized spacial score (nSPS) is 16.6. The molecule has 1 aromatic carbocycles. The highest BCUT2D eigenvalue weighted by Crippen LogP contribution is 2.42. The van der Waals surface area contributed by atoms with E-state index in [4.69, 9.17) is 9.47 Å². The molecule has 13 nitrogen and oxygen atoms in total. The lowest BCUT2D eigenvalue weighted by molar-refractivity contribution is -0.140. The van der Waals surface area contributed by atoms with Crippen molar-refractivity contribution in [2.45, 2.75) is 52.8 Å². The SMILES string of the molecule is CCNC(=O)Nc1cc(-c2nc(C(F)(F)F)cs2)c(-c2ccc3[nH]c(C[C@]4(C(C)(C)C)COCCN4C(=O)O)c(C(=O)OCC)c(=O)c3c2)cn1. The van der Waals surface area contributed by atoms with Crippen molar-refractivity contribution in [1.82, 2.24) is 25.2 Å². The van der Waals surface area contributed by atoms with E-state index >= 15 is 0 Å².